The van der Waals surface area contributed by atoms with Crippen LogP contribution in [-0.2, 0) is 4.74 Å². The van der Waals surface area contributed by atoms with Crippen LogP contribution in [0.1, 0.15) is 27.6 Å². The summed E-state index contributed by atoms with van der Waals surface area (Å²) in [5.74, 6) is 1.28. The minimum Gasteiger partial charge on any atom is -0.493 e. The van der Waals surface area contributed by atoms with Crippen molar-refractivity contribution >= 4 is 28.6 Å². The Labute approximate surface area is 147 Å². The van der Waals surface area contributed by atoms with Gasteiger partial charge in [0.15, 0.2) is 17.6 Å². The van der Waals surface area contributed by atoms with Crippen molar-refractivity contribution in [2.45, 2.75) is 6.10 Å². The van der Waals surface area contributed by atoms with E-state index in [4.69, 9.17) is 18.9 Å². The Balaban J connectivity index is 2.20. The van der Waals surface area contributed by atoms with Crippen molar-refractivity contribution in [2.24, 2.45) is 0 Å². The normalized spacial score (nSPS) is 15.8. The van der Waals surface area contributed by atoms with Crippen LogP contribution in [0.4, 0.5) is 0 Å². The highest BCUT2D eigenvalue weighted by atomic mass is 127. The fourth-order valence-electron chi connectivity index (χ4n) is 2.71. The Kier molecular flexibility index (Phi) is 4.34. The third-order valence-corrected chi connectivity index (χ3v) is 4.88. The van der Waals surface area contributed by atoms with Gasteiger partial charge in [0.25, 0.3) is 0 Å². The van der Waals surface area contributed by atoms with Crippen LogP contribution in [0.3, 0.4) is 0 Å². The number of halogens is 1. The molecule has 0 spiro atoms. The summed E-state index contributed by atoms with van der Waals surface area (Å²) in [7, 11) is 4.68. The summed E-state index contributed by atoms with van der Waals surface area (Å²) in [6, 6.07) is 9.19. The maximum atomic E-state index is 12.1. The first-order valence-corrected chi connectivity index (χ1v) is 7.98. The third kappa shape index (κ3) is 2.50. The summed E-state index contributed by atoms with van der Waals surface area (Å²) in [6.45, 7) is 0. The van der Waals surface area contributed by atoms with Crippen LogP contribution in [-0.4, -0.2) is 27.3 Å². The molecule has 5 nitrogen and oxygen atoms in total. The van der Waals surface area contributed by atoms with Crippen LogP contribution >= 0.6 is 22.6 Å². The summed E-state index contributed by atoms with van der Waals surface area (Å²) in [5.41, 5.74) is 2.23. The second kappa shape index (κ2) is 6.27. The van der Waals surface area contributed by atoms with Crippen molar-refractivity contribution in [1.29, 1.82) is 0 Å². The fraction of sp³-hybridized carbons (Fsp3) is 0.235. The number of carbonyl (C=O) groups excluding carboxylic acids is 1. The molecule has 0 radical (unpaired) electrons. The zero-order valence-corrected chi connectivity index (χ0v) is 15.0. The lowest BCUT2D eigenvalue weighted by molar-refractivity contribution is 0.0453. The number of methoxy groups -OCH3 is 3. The van der Waals surface area contributed by atoms with Crippen molar-refractivity contribution < 1.29 is 23.7 Å². The van der Waals surface area contributed by atoms with Crippen molar-refractivity contribution in [3.05, 3.63) is 50.6 Å². The highest BCUT2D eigenvalue weighted by molar-refractivity contribution is 14.1. The van der Waals surface area contributed by atoms with E-state index in [2.05, 4.69) is 22.6 Å². The maximum Gasteiger partial charge on any atom is 0.339 e. The quantitative estimate of drug-likeness (QED) is 0.553. The molecule has 2 aromatic carbocycles. The van der Waals surface area contributed by atoms with E-state index >= 15 is 0 Å². The van der Waals surface area contributed by atoms with Gasteiger partial charge in [0.2, 0.25) is 5.75 Å². The Hall–Kier alpha value is -1.96. The van der Waals surface area contributed by atoms with Crippen LogP contribution in [0.25, 0.3) is 0 Å². The van der Waals surface area contributed by atoms with Gasteiger partial charge in [-0.2, -0.15) is 0 Å². The second-order valence-electron chi connectivity index (χ2n) is 4.92. The number of hydrogen-bond donors (Lipinski definition) is 0. The molecule has 0 saturated carbocycles. The van der Waals surface area contributed by atoms with Gasteiger partial charge in [0, 0.05) is 11.1 Å². The molecule has 1 heterocycles. The molecule has 0 aromatic heterocycles. The molecular formula is C17H15IO5. The van der Waals surface area contributed by atoms with E-state index in [-0.39, 0.29) is 5.97 Å². The molecule has 0 amide bonds. The second-order valence-corrected chi connectivity index (χ2v) is 6.00. The molecular weight excluding hydrogens is 411 g/mol. The number of carbonyl (C=O) groups is 1. The summed E-state index contributed by atoms with van der Waals surface area (Å²) < 4.78 is 22.6. The van der Waals surface area contributed by atoms with Gasteiger partial charge >= 0.3 is 5.97 Å². The Bertz CT molecular complexity index is 772. The molecule has 3 rings (SSSR count). The van der Waals surface area contributed by atoms with Crippen LogP contribution < -0.4 is 14.2 Å². The van der Waals surface area contributed by atoms with Gasteiger partial charge in [-0.3, -0.25) is 0 Å². The Morgan fingerprint density at radius 2 is 1.70 bits per heavy atom. The van der Waals surface area contributed by atoms with E-state index in [1.807, 2.05) is 24.3 Å². The summed E-state index contributed by atoms with van der Waals surface area (Å²) in [6.07, 6.45) is -0.487. The molecule has 1 aliphatic heterocycles. The van der Waals surface area contributed by atoms with E-state index in [1.54, 1.807) is 27.4 Å². The third-order valence-electron chi connectivity index (χ3n) is 3.77. The molecule has 0 saturated heterocycles. The molecule has 1 unspecified atom stereocenters. The topological polar surface area (TPSA) is 54.0 Å². The van der Waals surface area contributed by atoms with E-state index in [9.17, 15) is 4.79 Å². The van der Waals surface area contributed by atoms with Gasteiger partial charge in [0.05, 0.1) is 30.5 Å². The monoisotopic (exact) mass is 426 g/mol. The van der Waals surface area contributed by atoms with Gasteiger partial charge in [-0.25, -0.2) is 4.79 Å². The summed E-state index contributed by atoms with van der Waals surface area (Å²) in [5, 5.41) is 0. The zero-order chi connectivity index (χ0) is 16.6. The van der Waals surface area contributed by atoms with Crippen molar-refractivity contribution in [1.82, 2.24) is 0 Å². The predicted octanol–water partition coefficient (Wildman–Crippen LogP) is 3.58. The smallest absolute Gasteiger partial charge is 0.339 e. The first-order valence-electron chi connectivity index (χ1n) is 6.90. The average molecular weight is 426 g/mol. The molecule has 2 aromatic rings. The molecule has 0 bridgehead atoms. The number of fused-ring (bicyclic) bond motifs is 1. The zero-order valence-electron chi connectivity index (χ0n) is 12.9. The SMILES string of the molecule is COc1cc(C2OC(=O)c3ccccc32)c(I)c(OC)c1OC. The van der Waals surface area contributed by atoms with Crippen LogP contribution in [0.2, 0.25) is 0 Å². The molecule has 1 aliphatic rings. The molecule has 120 valence electrons. The first-order chi connectivity index (χ1) is 11.1. The van der Waals surface area contributed by atoms with E-state index in [1.165, 1.54) is 0 Å². The van der Waals surface area contributed by atoms with Crippen LogP contribution in [0.5, 0.6) is 17.2 Å². The maximum absolute atomic E-state index is 12.1. The number of hydrogen-bond acceptors (Lipinski definition) is 5. The van der Waals surface area contributed by atoms with Gasteiger partial charge in [-0.15, -0.1) is 0 Å². The molecule has 6 heteroatoms. The van der Waals surface area contributed by atoms with Crippen molar-refractivity contribution in [2.75, 3.05) is 21.3 Å². The molecule has 0 aliphatic carbocycles. The molecule has 1 atom stereocenters. The molecule has 23 heavy (non-hydrogen) atoms. The molecule has 0 N–H and O–H groups in total. The summed E-state index contributed by atoms with van der Waals surface area (Å²) in [4.78, 5) is 12.1. The van der Waals surface area contributed by atoms with Crippen LogP contribution in [0, 0.1) is 3.57 Å². The number of ether oxygens (including phenoxy) is 4. The van der Waals surface area contributed by atoms with Crippen LogP contribution in [0.15, 0.2) is 30.3 Å². The van der Waals surface area contributed by atoms with Gasteiger partial charge in [-0.05, 0) is 34.7 Å². The van der Waals surface area contributed by atoms with E-state index < -0.39 is 6.10 Å². The lowest BCUT2D eigenvalue weighted by Gasteiger charge is -2.19. The minimum absolute atomic E-state index is 0.324. The average Bonchev–Trinajstić information content (AvgIpc) is 2.91. The highest BCUT2D eigenvalue weighted by Crippen LogP contribution is 2.47. The first kappa shape index (κ1) is 15.9. The highest BCUT2D eigenvalue weighted by Gasteiger charge is 2.35. The number of benzene rings is 2. The van der Waals surface area contributed by atoms with Gasteiger partial charge in [0.1, 0.15) is 0 Å². The lowest BCUT2D eigenvalue weighted by Crippen LogP contribution is -2.06. The van der Waals surface area contributed by atoms with E-state index in [0.717, 1.165) is 14.7 Å². The predicted molar refractivity (Wildman–Crippen MR) is 92.5 cm³/mol. The summed E-state index contributed by atoms with van der Waals surface area (Å²) >= 11 is 2.17. The van der Waals surface area contributed by atoms with E-state index in [0.29, 0.717) is 22.8 Å². The Morgan fingerprint density at radius 3 is 2.35 bits per heavy atom. The number of cyclic esters (lactones) is 1. The number of rotatable bonds is 4. The molecule has 0 fully saturated rings. The standard InChI is InChI=1S/C17H15IO5/c1-20-12-8-11(13(18)16(22-3)15(12)21-2)14-9-6-4-5-7-10(9)17(19)23-14/h4-8,14H,1-3H3. The lowest BCUT2D eigenvalue weighted by atomic mass is 9.98. The largest absolute Gasteiger partial charge is 0.493 e. The fourth-order valence-corrected chi connectivity index (χ4v) is 3.61. The minimum atomic E-state index is -0.487. The van der Waals surface area contributed by atoms with Crippen molar-refractivity contribution in [3.8, 4) is 17.2 Å². The Morgan fingerprint density at radius 1 is 1.00 bits per heavy atom. The van der Waals surface area contributed by atoms with Gasteiger partial charge in [-0.1, -0.05) is 18.2 Å². The van der Waals surface area contributed by atoms with Gasteiger partial charge < -0.3 is 18.9 Å². The number of esters is 1. The van der Waals surface area contributed by atoms with Crippen molar-refractivity contribution in [3.63, 3.8) is 0 Å².